The van der Waals surface area contributed by atoms with Crippen molar-refractivity contribution in [2.45, 2.75) is 32.8 Å². The summed E-state index contributed by atoms with van der Waals surface area (Å²) in [5.41, 5.74) is 2.19. The molecule has 0 aromatic heterocycles. The summed E-state index contributed by atoms with van der Waals surface area (Å²) >= 11 is 0. The van der Waals surface area contributed by atoms with Crippen LogP contribution in [0.5, 0.6) is 5.75 Å². The van der Waals surface area contributed by atoms with Gasteiger partial charge in [0.1, 0.15) is 5.75 Å². The molecule has 2 amide bonds. The average molecular weight is 340 g/mol. The summed E-state index contributed by atoms with van der Waals surface area (Å²) < 4.78 is 5.75. The predicted octanol–water partition coefficient (Wildman–Crippen LogP) is 3.58. The van der Waals surface area contributed by atoms with Gasteiger partial charge in [-0.05, 0) is 48.7 Å². The van der Waals surface area contributed by atoms with Crippen LogP contribution < -0.4 is 15.4 Å². The zero-order valence-corrected chi connectivity index (χ0v) is 15.0. The Morgan fingerprint density at radius 3 is 2.40 bits per heavy atom. The van der Waals surface area contributed by atoms with Crippen molar-refractivity contribution < 1.29 is 14.3 Å². The first kappa shape index (κ1) is 18.5. The molecule has 0 saturated heterocycles. The highest BCUT2D eigenvalue weighted by Gasteiger charge is 2.16. The molecule has 0 bridgehead atoms. The van der Waals surface area contributed by atoms with Crippen molar-refractivity contribution in [1.82, 2.24) is 5.32 Å². The molecule has 0 aliphatic heterocycles. The summed E-state index contributed by atoms with van der Waals surface area (Å²) in [4.78, 5) is 24.0. The predicted molar refractivity (Wildman–Crippen MR) is 99.1 cm³/mol. The first-order chi connectivity index (χ1) is 11.9. The van der Waals surface area contributed by atoms with Crippen molar-refractivity contribution in [3.05, 3.63) is 59.7 Å². The molecule has 1 unspecified atom stereocenters. The summed E-state index contributed by atoms with van der Waals surface area (Å²) in [6, 6.07) is 14.5. The van der Waals surface area contributed by atoms with Crippen molar-refractivity contribution in [2.75, 3.05) is 12.4 Å². The van der Waals surface area contributed by atoms with Gasteiger partial charge in [-0.2, -0.15) is 0 Å². The van der Waals surface area contributed by atoms with Gasteiger partial charge in [-0.25, -0.2) is 0 Å². The summed E-state index contributed by atoms with van der Waals surface area (Å²) in [7, 11) is 1.56. The number of nitrogens with one attached hydrogen (secondary N) is 2. The number of benzene rings is 2. The Labute approximate surface area is 148 Å². The minimum atomic E-state index is -0.661. The van der Waals surface area contributed by atoms with Gasteiger partial charge >= 0.3 is 0 Å². The van der Waals surface area contributed by atoms with Crippen molar-refractivity contribution >= 4 is 17.5 Å². The zero-order valence-electron chi connectivity index (χ0n) is 15.0. The minimum absolute atomic E-state index is 0.203. The lowest BCUT2D eigenvalue weighted by molar-refractivity contribution is -0.122. The Bertz CT molecular complexity index is 756. The fraction of sp³-hybridized carbons (Fsp3) is 0.300. The van der Waals surface area contributed by atoms with Gasteiger partial charge in [0.2, 0.25) is 0 Å². The Kier molecular flexibility index (Phi) is 6.17. The minimum Gasteiger partial charge on any atom is -0.481 e. The van der Waals surface area contributed by atoms with E-state index in [9.17, 15) is 9.59 Å². The van der Waals surface area contributed by atoms with E-state index in [2.05, 4.69) is 24.5 Å². The lowest BCUT2D eigenvalue weighted by atomic mass is 10.0. The van der Waals surface area contributed by atoms with E-state index < -0.39 is 6.10 Å². The molecule has 1 atom stereocenters. The first-order valence-electron chi connectivity index (χ1n) is 8.30. The second kappa shape index (κ2) is 8.33. The van der Waals surface area contributed by atoms with E-state index in [0.29, 0.717) is 22.9 Å². The Hall–Kier alpha value is -2.82. The molecule has 2 rings (SSSR count). The third-order valence-corrected chi connectivity index (χ3v) is 3.83. The molecule has 2 aromatic rings. The molecule has 0 aliphatic rings. The van der Waals surface area contributed by atoms with Gasteiger partial charge in [-0.15, -0.1) is 0 Å². The van der Waals surface area contributed by atoms with Gasteiger partial charge in [-0.1, -0.05) is 32.0 Å². The van der Waals surface area contributed by atoms with Crippen LogP contribution in [0.25, 0.3) is 0 Å². The van der Waals surface area contributed by atoms with Crippen LogP contribution in [0.1, 0.15) is 42.6 Å². The second-order valence-corrected chi connectivity index (χ2v) is 6.14. The summed E-state index contributed by atoms with van der Waals surface area (Å²) in [6.45, 7) is 5.91. The second-order valence-electron chi connectivity index (χ2n) is 6.14. The standard InChI is InChI=1S/C20H24N2O3/c1-13(2)15-7-6-10-18(12-15)25-14(3)19(23)22-17-9-5-8-16(11-17)20(24)21-4/h5-14H,1-4H3,(H,21,24)(H,22,23). The highest BCUT2D eigenvalue weighted by molar-refractivity contribution is 5.98. The van der Waals surface area contributed by atoms with Gasteiger partial charge in [0.05, 0.1) is 0 Å². The maximum Gasteiger partial charge on any atom is 0.265 e. The van der Waals surface area contributed by atoms with Crippen LogP contribution in [0, 0.1) is 0 Å². The fourth-order valence-corrected chi connectivity index (χ4v) is 2.33. The molecule has 5 nitrogen and oxygen atoms in total. The lowest BCUT2D eigenvalue weighted by Crippen LogP contribution is -2.30. The van der Waals surface area contributed by atoms with Crippen molar-refractivity contribution in [3.63, 3.8) is 0 Å². The number of carbonyl (C=O) groups excluding carboxylic acids is 2. The number of ether oxygens (including phenoxy) is 1. The highest BCUT2D eigenvalue weighted by atomic mass is 16.5. The molecule has 0 fully saturated rings. The Morgan fingerprint density at radius 2 is 1.72 bits per heavy atom. The monoisotopic (exact) mass is 340 g/mol. The number of hydrogen-bond donors (Lipinski definition) is 2. The van der Waals surface area contributed by atoms with Gasteiger partial charge in [-0.3, -0.25) is 9.59 Å². The number of hydrogen-bond acceptors (Lipinski definition) is 3. The average Bonchev–Trinajstić information content (AvgIpc) is 2.61. The molecule has 2 aromatic carbocycles. The van der Waals surface area contributed by atoms with Crippen LogP contribution in [-0.4, -0.2) is 25.0 Å². The Morgan fingerprint density at radius 1 is 1.00 bits per heavy atom. The summed E-state index contributed by atoms with van der Waals surface area (Å²) in [6.07, 6.45) is -0.661. The molecular weight excluding hydrogens is 316 g/mol. The third kappa shape index (κ3) is 5.08. The van der Waals surface area contributed by atoms with Crippen molar-refractivity contribution in [2.24, 2.45) is 0 Å². The number of anilines is 1. The van der Waals surface area contributed by atoms with E-state index in [0.717, 1.165) is 5.56 Å². The quantitative estimate of drug-likeness (QED) is 0.845. The number of amides is 2. The van der Waals surface area contributed by atoms with Gasteiger partial charge in [0.25, 0.3) is 11.8 Å². The van der Waals surface area contributed by atoms with E-state index in [1.54, 1.807) is 38.2 Å². The normalized spacial score (nSPS) is 11.7. The van der Waals surface area contributed by atoms with Gasteiger partial charge in [0, 0.05) is 18.3 Å². The van der Waals surface area contributed by atoms with Crippen molar-refractivity contribution in [3.8, 4) is 5.75 Å². The van der Waals surface area contributed by atoms with Crippen LogP contribution in [0.15, 0.2) is 48.5 Å². The van der Waals surface area contributed by atoms with Gasteiger partial charge < -0.3 is 15.4 Å². The topological polar surface area (TPSA) is 67.4 Å². The molecule has 0 radical (unpaired) electrons. The molecule has 0 spiro atoms. The molecule has 132 valence electrons. The molecule has 0 aliphatic carbocycles. The molecule has 5 heteroatoms. The van der Waals surface area contributed by atoms with Crippen LogP contribution in [0.4, 0.5) is 5.69 Å². The van der Waals surface area contributed by atoms with Gasteiger partial charge in [0.15, 0.2) is 6.10 Å². The fourth-order valence-electron chi connectivity index (χ4n) is 2.33. The molecule has 0 heterocycles. The SMILES string of the molecule is CNC(=O)c1cccc(NC(=O)C(C)Oc2cccc(C(C)C)c2)c1. The van der Waals surface area contributed by atoms with Crippen LogP contribution >= 0.6 is 0 Å². The van der Waals surface area contributed by atoms with E-state index in [-0.39, 0.29) is 11.8 Å². The first-order valence-corrected chi connectivity index (χ1v) is 8.30. The maximum absolute atomic E-state index is 12.3. The zero-order chi connectivity index (χ0) is 18.4. The van der Waals surface area contributed by atoms with E-state index in [4.69, 9.17) is 4.74 Å². The number of rotatable bonds is 6. The molecule has 0 saturated carbocycles. The van der Waals surface area contributed by atoms with Crippen LogP contribution in [-0.2, 0) is 4.79 Å². The lowest BCUT2D eigenvalue weighted by Gasteiger charge is -2.16. The third-order valence-electron chi connectivity index (χ3n) is 3.83. The maximum atomic E-state index is 12.3. The van der Waals surface area contributed by atoms with Crippen molar-refractivity contribution in [1.29, 1.82) is 0 Å². The Balaban J connectivity index is 2.03. The van der Waals surface area contributed by atoms with E-state index in [1.807, 2.05) is 24.3 Å². The summed E-state index contributed by atoms with van der Waals surface area (Å²) in [5.74, 6) is 0.572. The smallest absolute Gasteiger partial charge is 0.265 e. The molecule has 2 N–H and O–H groups in total. The largest absolute Gasteiger partial charge is 0.481 e. The molecular formula is C20H24N2O3. The van der Waals surface area contributed by atoms with Crippen LogP contribution in [0.2, 0.25) is 0 Å². The highest BCUT2D eigenvalue weighted by Crippen LogP contribution is 2.21. The number of carbonyl (C=O) groups is 2. The van der Waals surface area contributed by atoms with E-state index in [1.165, 1.54) is 0 Å². The van der Waals surface area contributed by atoms with E-state index >= 15 is 0 Å². The van der Waals surface area contributed by atoms with Crippen LogP contribution in [0.3, 0.4) is 0 Å². The summed E-state index contributed by atoms with van der Waals surface area (Å²) in [5, 5.41) is 5.33. The molecule has 25 heavy (non-hydrogen) atoms.